The fourth-order valence-electron chi connectivity index (χ4n) is 3.14. The maximum absolute atomic E-state index is 6.03. The van der Waals surface area contributed by atoms with E-state index in [1.807, 2.05) is 6.07 Å². The van der Waals surface area contributed by atoms with E-state index >= 15 is 0 Å². The number of aromatic nitrogens is 1. The Hall–Kier alpha value is -1.32. The number of hydrogen-bond donors (Lipinski definition) is 0. The van der Waals surface area contributed by atoms with Crippen LogP contribution in [0.1, 0.15) is 18.5 Å². The third-order valence-corrected chi connectivity index (χ3v) is 4.63. The first-order valence-corrected chi connectivity index (χ1v) is 8.08. The predicted molar refractivity (Wildman–Crippen MR) is 90.2 cm³/mol. The van der Waals surface area contributed by atoms with Crippen LogP contribution < -0.4 is 4.90 Å². The molecular weight excluding hydrogens is 282 g/mol. The molecule has 0 radical (unpaired) electrons. The molecule has 1 aliphatic rings. The van der Waals surface area contributed by atoms with Crippen molar-refractivity contribution in [3.8, 4) is 0 Å². The molecule has 3 rings (SSSR count). The number of anilines is 1. The number of halogens is 1. The Morgan fingerprint density at radius 2 is 2.14 bits per heavy atom. The lowest BCUT2D eigenvalue weighted by molar-refractivity contribution is 0.258. The second-order valence-electron chi connectivity index (χ2n) is 5.99. The Balaban J connectivity index is 2.02. The molecule has 2 heterocycles. The van der Waals surface area contributed by atoms with E-state index in [9.17, 15) is 0 Å². The van der Waals surface area contributed by atoms with Crippen LogP contribution in [-0.2, 0) is 5.88 Å². The van der Waals surface area contributed by atoms with Gasteiger partial charge in [0.15, 0.2) is 0 Å². The van der Waals surface area contributed by atoms with Gasteiger partial charge in [-0.2, -0.15) is 0 Å². The van der Waals surface area contributed by atoms with Crippen LogP contribution in [0.2, 0.25) is 0 Å². The Bertz CT molecular complexity index is 626. The van der Waals surface area contributed by atoms with E-state index < -0.39 is 0 Å². The van der Waals surface area contributed by atoms with Crippen LogP contribution in [0.15, 0.2) is 30.3 Å². The number of pyridine rings is 1. The van der Waals surface area contributed by atoms with E-state index in [4.69, 9.17) is 11.6 Å². The molecule has 21 heavy (non-hydrogen) atoms. The fraction of sp³-hybridized carbons (Fsp3) is 0.471. The minimum absolute atomic E-state index is 0.461. The lowest BCUT2D eigenvalue weighted by Gasteiger charge is -2.38. The largest absolute Gasteiger partial charge is 0.369 e. The van der Waals surface area contributed by atoms with Gasteiger partial charge in [0.05, 0.1) is 17.1 Å². The normalized spacial score (nSPS) is 19.4. The van der Waals surface area contributed by atoms with Gasteiger partial charge < -0.3 is 9.80 Å². The molecule has 0 aliphatic carbocycles. The molecule has 1 aliphatic heterocycles. The van der Waals surface area contributed by atoms with Crippen molar-refractivity contribution in [2.75, 3.05) is 32.1 Å². The topological polar surface area (TPSA) is 19.4 Å². The van der Waals surface area contributed by atoms with E-state index in [0.717, 1.165) is 24.3 Å². The summed E-state index contributed by atoms with van der Waals surface area (Å²) in [6.45, 7) is 2.18. The van der Waals surface area contributed by atoms with E-state index in [1.165, 1.54) is 23.9 Å². The zero-order valence-electron chi connectivity index (χ0n) is 12.7. The third-order valence-electron chi connectivity index (χ3n) is 4.35. The highest BCUT2D eigenvalue weighted by Crippen LogP contribution is 2.30. The SMILES string of the molecule is CN(C)C1CCCN(c2cc(CCl)nc3ccccc23)C1. The number of nitrogens with zero attached hydrogens (tertiary/aromatic N) is 3. The maximum Gasteiger partial charge on any atom is 0.0726 e. The van der Waals surface area contributed by atoms with Gasteiger partial charge in [-0.3, -0.25) is 4.98 Å². The van der Waals surface area contributed by atoms with Crippen molar-refractivity contribution in [2.45, 2.75) is 24.8 Å². The zero-order chi connectivity index (χ0) is 14.8. The van der Waals surface area contributed by atoms with Gasteiger partial charge in [0, 0.05) is 30.2 Å². The number of para-hydroxylation sites is 1. The Morgan fingerprint density at radius 1 is 1.33 bits per heavy atom. The summed E-state index contributed by atoms with van der Waals surface area (Å²) in [5.41, 5.74) is 3.28. The lowest BCUT2D eigenvalue weighted by atomic mass is 10.0. The van der Waals surface area contributed by atoms with Gasteiger partial charge in [-0.1, -0.05) is 18.2 Å². The van der Waals surface area contributed by atoms with Crippen molar-refractivity contribution in [3.63, 3.8) is 0 Å². The lowest BCUT2D eigenvalue weighted by Crippen LogP contribution is -2.45. The quantitative estimate of drug-likeness (QED) is 0.809. The number of likely N-dealkylation sites (N-methyl/N-ethyl adjacent to an activating group) is 1. The van der Waals surface area contributed by atoms with Crippen molar-refractivity contribution < 1.29 is 0 Å². The average molecular weight is 304 g/mol. The van der Waals surface area contributed by atoms with Crippen LogP contribution in [0.4, 0.5) is 5.69 Å². The molecule has 0 saturated carbocycles. The summed E-state index contributed by atoms with van der Waals surface area (Å²) in [6, 6.07) is 11.1. The molecule has 1 unspecified atom stereocenters. The standard InChI is InChI=1S/C17H22ClN3/c1-20(2)14-6-5-9-21(12-14)17-10-13(11-18)19-16-8-4-3-7-15(16)17/h3-4,7-8,10,14H,5-6,9,11-12H2,1-2H3. The summed E-state index contributed by atoms with van der Waals surface area (Å²) in [6.07, 6.45) is 2.50. The van der Waals surface area contributed by atoms with Crippen LogP contribution in [0.3, 0.4) is 0 Å². The second kappa shape index (κ2) is 6.20. The highest BCUT2D eigenvalue weighted by atomic mass is 35.5. The summed E-state index contributed by atoms with van der Waals surface area (Å²) in [5, 5.41) is 1.23. The molecule has 3 nitrogen and oxygen atoms in total. The van der Waals surface area contributed by atoms with Gasteiger partial charge in [-0.25, -0.2) is 0 Å². The van der Waals surface area contributed by atoms with Crippen LogP contribution in [0.25, 0.3) is 10.9 Å². The molecule has 1 aromatic carbocycles. The Labute approximate surface area is 131 Å². The van der Waals surface area contributed by atoms with Gasteiger partial charge in [-0.05, 0) is 39.1 Å². The maximum atomic E-state index is 6.03. The van der Waals surface area contributed by atoms with Crippen molar-refractivity contribution in [3.05, 3.63) is 36.0 Å². The molecule has 0 amide bonds. The molecule has 4 heteroatoms. The first kappa shape index (κ1) is 14.6. The monoisotopic (exact) mass is 303 g/mol. The molecule has 0 spiro atoms. The number of alkyl halides is 1. The zero-order valence-corrected chi connectivity index (χ0v) is 13.5. The number of benzene rings is 1. The summed E-state index contributed by atoms with van der Waals surface area (Å²) in [7, 11) is 4.34. The summed E-state index contributed by atoms with van der Waals surface area (Å²) in [4.78, 5) is 9.46. The van der Waals surface area contributed by atoms with Crippen molar-refractivity contribution in [1.82, 2.24) is 9.88 Å². The van der Waals surface area contributed by atoms with Crippen LogP contribution in [0.5, 0.6) is 0 Å². The van der Waals surface area contributed by atoms with Gasteiger partial charge >= 0.3 is 0 Å². The first-order valence-electron chi connectivity index (χ1n) is 7.55. The minimum Gasteiger partial charge on any atom is -0.369 e. The Kier molecular flexibility index (Phi) is 4.32. The van der Waals surface area contributed by atoms with E-state index in [1.54, 1.807) is 0 Å². The molecule has 1 atom stereocenters. The molecule has 1 aromatic heterocycles. The predicted octanol–water partition coefficient (Wildman–Crippen LogP) is 3.50. The summed E-state index contributed by atoms with van der Waals surface area (Å²) < 4.78 is 0. The molecule has 0 N–H and O–H groups in total. The Morgan fingerprint density at radius 3 is 2.90 bits per heavy atom. The van der Waals surface area contributed by atoms with Crippen molar-refractivity contribution in [1.29, 1.82) is 0 Å². The first-order chi connectivity index (χ1) is 10.2. The molecule has 2 aromatic rings. The van der Waals surface area contributed by atoms with Crippen LogP contribution in [0, 0.1) is 0 Å². The highest BCUT2D eigenvalue weighted by Gasteiger charge is 2.23. The van der Waals surface area contributed by atoms with Crippen LogP contribution in [-0.4, -0.2) is 43.1 Å². The number of rotatable bonds is 3. The van der Waals surface area contributed by atoms with E-state index in [-0.39, 0.29) is 0 Å². The number of piperidine rings is 1. The number of hydrogen-bond acceptors (Lipinski definition) is 3. The highest BCUT2D eigenvalue weighted by molar-refractivity contribution is 6.17. The number of fused-ring (bicyclic) bond motifs is 1. The van der Waals surface area contributed by atoms with Crippen molar-refractivity contribution in [2.24, 2.45) is 0 Å². The van der Waals surface area contributed by atoms with Gasteiger partial charge in [0.25, 0.3) is 0 Å². The van der Waals surface area contributed by atoms with Crippen molar-refractivity contribution >= 4 is 28.2 Å². The molecule has 112 valence electrons. The van der Waals surface area contributed by atoms with Crippen LogP contribution >= 0.6 is 11.6 Å². The smallest absolute Gasteiger partial charge is 0.0726 e. The minimum atomic E-state index is 0.461. The molecular formula is C17H22ClN3. The summed E-state index contributed by atoms with van der Waals surface area (Å²) in [5.74, 6) is 0.461. The van der Waals surface area contributed by atoms with Gasteiger partial charge in [-0.15, -0.1) is 11.6 Å². The van der Waals surface area contributed by atoms with E-state index in [0.29, 0.717) is 11.9 Å². The molecule has 1 saturated heterocycles. The molecule has 1 fully saturated rings. The fourth-order valence-corrected chi connectivity index (χ4v) is 3.27. The second-order valence-corrected chi connectivity index (χ2v) is 6.26. The van der Waals surface area contributed by atoms with Gasteiger partial charge in [0.1, 0.15) is 0 Å². The average Bonchev–Trinajstić information content (AvgIpc) is 2.53. The van der Waals surface area contributed by atoms with Gasteiger partial charge in [0.2, 0.25) is 0 Å². The third kappa shape index (κ3) is 2.99. The summed E-state index contributed by atoms with van der Waals surface area (Å²) >= 11 is 6.03. The van der Waals surface area contributed by atoms with E-state index in [2.05, 4.69) is 53.1 Å². The molecule has 0 bridgehead atoms.